The monoisotopic (exact) mass is 158 g/mol. The third kappa shape index (κ3) is 1.35. The molecular weight excluding hydrogens is 155 g/mol. The van der Waals surface area contributed by atoms with E-state index in [2.05, 4.69) is 19.9 Å². The molecule has 0 saturated heterocycles. The number of aromatic nitrogens is 4. The van der Waals surface area contributed by atoms with Crippen molar-refractivity contribution in [2.75, 3.05) is 0 Å². The molecule has 0 spiro atoms. The molecule has 0 bridgehead atoms. The van der Waals surface area contributed by atoms with Gasteiger partial charge in [0.05, 0.1) is 6.33 Å². The van der Waals surface area contributed by atoms with Crippen molar-refractivity contribution in [1.82, 2.24) is 19.9 Å². The van der Waals surface area contributed by atoms with Gasteiger partial charge in [-0.1, -0.05) is 0 Å². The van der Waals surface area contributed by atoms with E-state index < -0.39 is 0 Å². The van der Waals surface area contributed by atoms with Crippen LogP contribution in [0, 0.1) is 0 Å². The van der Waals surface area contributed by atoms with Crippen LogP contribution in [-0.4, -0.2) is 19.9 Å². The van der Waals surface area contributed by atoms with Gasteiger partial charge in [-0.25, -0.2) is 0 Å². The van der Waals surface area contributed by atoms with Crippen molar-refractivity contribution in [2.45, 2.75) is 0 Å². The molecule has 5 nitrogen and oxygen atoms in total. The zero-order valence-corrected chi connectivity index (χ0v) is 7.90. The van der Waals surface area contributed by atoms with Gasteiger partial charge in [0, 0.05) is 17.5 Å². The van der Waals surface area contributed by atoms with Crippen molar-refractivity contribution >= 4 is 11.2 Å². The third-order valence-corrected chi connectivity index (χ3v) is 1.18. The van der Waals surface area contributed by atoms with Crippen LogP contribution in [0.25, 0.3) is 11.2 Å². The van der Waals surface area contributed by atoms with Crippen molar-refractivity contribution in [3.63, 3.8) is 0 Å². The predicted molar refractivity (Wildman–Crippen MR) is 33.5 cm³/mol. The number of rotatable bonds is 0. The Kier molecular flexibility index (Phi) is 2.43. The van der Waals surface area contributed by atoms with Gasteiger partial charge in [0.15, 0.2) is 0 Å². The van der Waals surface area contributed by atoms with E-state index >= 15 is 0 Å². The van der Waals surface area contributed by atoms with Gasteiger partial charge in [0.25, 0.3) is 0 Å². The average molecular weight is 158 g/mol. The normalized spacial score (nSPS) is 9.45. The average Bonchev–Trinajstić information content (AvgIpc) is 2.36. The molecule has 0 aliphatic carbocycles. The fraction of sp³-hybridized carbons (Fsp3) is 0. The SMILES string of the molecule is O=c1[nH]cnc2n[cH-]nc12.[Na+]. The zero-order valence-electron chi connectivity index (χ0n) is 5.90. The number of imidazole rings is 1. The summed E-state index contributed by atoms with van der Waals surface area (Å²) in [5.41, 5.74) is 0.439. The van der Waals surface area contributed by atoms with Crippen LogP contribution in [0.4, 0.5) is 0 Å². The Labute approximate surface area is 83.6 Å². The second kappa shape index (κ2) is 3.17. The molecule has 50 valence electrons. The molecule has 0 saturated carbocycles. The number of hydrogen-bond acceptors (Lipinski definition) is 4. The molecule has 0 aliphatic rings. The Morgan fingerprint density at radius 1 is 1.45 bits per heavy atom. The van der Waals surface area contributed by atoms with Crippen LogP contribution in [0.15, 0.2) is 17.4 Å². The molecule has 0 unspecified atom stereocenters. The van der Waals surface area contributed by atoms with E-state index in [1.165, 1.54) is 12.7 Å². The second-order valence-electron chi connectivity index (χ2n) is 1.78. The summed E-state index contributed by atoms with van der Waals surface area (Å²) in [7, 11) is 0. The smallest absolute Gasteiger partial charge is 0.368 e. The van der Waals surface area contributed by atoms with E-state index in [4.69, 9.17) is 0 Å². The van der Waals surface area contributed by atoms with E-state index in [0.29, 0.717) is 11.2 Å². The largest absolute Gasteiger partial charge is 1.00 e. The molecule has 2 heterocycles. The summed E-state index contributed by atoms with van der Waals surface area (Å²) in [6.45, 7) is 0. The Morgan fingerprint density at radius 2 is 2.27 bits per heavy atom. The fourth-order valence-electron chi connectivity index (χ4n) is 0.735. The maximum Gasteiger partial charge on any atom is 1.00 e. The maximum atomic E-state index is 10.8. The summed E-state index contributed by atoms with van der Waals surface area (Å²) >= 11 is 0. The van der Waals surface area contributed by atoms with E-state index in [9.17, 15) is 4.79 Å². The van der Waals surface area contributed by atoms with Crippen molar-refractivity contribution in [2.24, 2.45) is 0 Å². The van der Waals surface area contributed by atoms with Crippen LogP contribution >= 0.6 is 0 Å². The predicted octanol–water partition coefficient (Wildman–Crippen LogP) is -3.56. The van der Waals surface area contributed by atoms with Gasteiger partial charge in [0.2, 0.25) is 5.56 Å². The number of hydrogen-bond donors (Lipinski definition) is 1. The fourth-order valence-corrected chi connectivity index (χ4v) is 0.735. The molecule has 0 amide bonds. The Bertz CT molecular complexity index is 406. The van der Waals surface area contributed by atoms with Crippen LogP contribution in [-0.2, 0) is 0 Å². The van der Waals surface area contributed by atoms with Crippen LogP contribution in [0.3, 0.4) is 0 Å². The summed E-state index contributed by atoms with van der Waals surface area (Å²) < 4.78 is 0. The minimum absolute atomic E-state index is 0. The van der Waals surface area contributed by atoms with Crippen LogP contribution in [0.5, 0.6) is 0 Å². The van der Waals surface area contributed by atoms with Crippen molar-refractivity contribution in [3.05, 3.63) is 23.0 Å². The van der Waals surface area contributed by atoms with Gasteiger partial charge < -0.3 is 15.0 Å². The van der Waals surface area contributed by atoms with Crippen molar-refractivity contribution < 1.29 is 29.6 Å². The minimum atomic E-state index is -0.248. The van der Waals surface area contributed by atoms with E-state index in [1.807, 2.05) is 0 Å². The molecule has 1 N–H and O–H groups in total. The molecule has 2 aromatic rings. The quantitative estimate of drug-likeness (QED) is 0.318. The summed E-state index contributed by atoms with van der Waals surface area (Å²) in [6.07, 6.45) is 2.62. The van der Waals surface area contributed by atoms with Crippen LogP contribution in [0.2, 0.25) is 0 Å². The summed E-state index contributed by atoms with van der Waals surface area (Å²) in [5.74, 6) is 0. The number of nitrogens with zero attached hydrogens (tertiary/aromatic N) is 3. The zero-order chi connectivity index (χ0) is 6.97. The first-order chi connectivity index (χ1) is 4.88. The molecular formula is C5H3N4NaO. The standard InChI is InChI=1S/C5H3N4O.Na/c10-5-3-4(7-1-6-3)8-2-9-5;/h1-2H,(H,7,8,9,10);/q-1;+1. The molecule has 2 rings (SSSR count). The number of fused-ring (bicyclic) bond motifs is 1. The van der Waals surface area contributed by atoms with Gasteiger partial charge in [-0.15, -0.1) is 0 Å². The maximum absolute atomic E-state index is 10.8. The third-order valence-electron chi connectivity index (χ3n) is 1.18. The topological polar surface area (TPSA) is 71.5 Å². The van der Waals surface area contributed by atoms with Gasteiger partial charge in [0.1, 0.15) is 0 Å². The second-order valence-corrected chi connectivity index (χ2v) is 1.78. The van der Waals surface area contributed by atoms with Crippen molar-refractivity contribution in [3.8, 4) is 0 Å². The Hall–Kier alpha value is -0.650. The number of nitrogens with one attached hydrogen (secondary N) is 1. The summed E-state index contributed by atoms with van der Waals surface area (Å²) in [5, 5.41) is 0. The van der Waals surface area contributed by atoms with Crippen molar-refractivity contribution in [1.29, 1.82) is 0 Å². The molecule has 6 heteroatoms. The molecule has 0 radical (unpaired) electrons. The van der Waals surface area contributed by atoms with E-state index in [0.717, 1.165) is 0 Å². The molecule has 11 heavy (non-hydrogen) atoms. The first-order valence-corrected chi connectivity index (χ1v) is 2.69. The summed E-state index contributed by atoms with van der Waals surface area (Å²) in [4.78, 5) is 24.4. The van der Waals surface area contributed by atoms with Crippen LogP contribution < -0.4 is 35.1 Å². The number of aromatic amines is 1. The number of H-pyrrole nitrogens is 1. The van der Waals surface area contributed by atoms with Gasteiger partial charge in [-0.05, 0) is 0 Å². The first kappa shape index (κ1) is 8.45. The molecule has 0 aromatic carbocycles. The Balaban J connectivity index is 0.000000605. The van der Waals surface area contributed by atoms with Gasteiger partial charge >= 0.3 is 29.6 Å². The molecule has 0 atom stereocenters. The summed E-state index contributed by atoms with van der Waals surface area (Å²) in [6, 6.07) is 0. The van der Waals surface area contributed by atoms with Crippen LogP contribution in [0.1, 0.15) is 0 Å². The van der Waals surface area contributed by atoms with Gasteiger partial charge in [-0.3, -0.25) is 9.78 Å². The molecule has 2 aromatic heterocycles. The first-order valence-electron chi connectivity index (χ1n) is 2.69. The van der Waals surface area contributed by atoms with E-state index in [1.54, 1.807) is 0 Å². The van der Waals surface area contributed by atoms with Gasteiger partial charge in [-0.2, -0.15) is 0 Å². The molecule has 0 fully saturated rings. The molecule has 0 aliphatic heterocycles. The minimum Gasteiger partial charge on any atom is -0.368 e. The van der Waals surface area contributed by atoms with E-state index in [-0.39, 0.29) is 35.1 Å². The Morgan fingerprint density at radius 3 is 3.00 bits per heavy atom.